The lowest BCUT2D eigenvalue weighted by atomic mass is 10.2. The molecular formula is C19H24ClN5O. The summed E-state index contributed by atoms with van der Waals surface area (Å²) in [6, 6.07) is 9.75. The SMILES string of the molecule is CCC(C)Nc1nccc(C(=O)N2CCN(c3cccc(Cl)c3)CC2)n1. The fourth-order valence-electron chi connectivity index (χ4n) is 2.87. The molecule has 0 spiro atoms. The third-order valence-corrected chi connectivity index (χ3v) is 4.84. The third-order valence-electron chi connectivity index (χ3n) is 4.60. The predicted octanol–water partition coefficient (Wildman–Crippen LogP) is 3.30. The molecule has 3 rings (SSSR count). The standard InChI is InChI=1S/C19H24ClN5O/c1-3-14(2)22-19-21-8-7-17(23-19)18(26)25-11-9-24(10-12-25)16-6-4-5-15(20)13-16/h4-8,13-14H,3,9-12H2,1-2H3,(H,21,22,23). The van der Waals surface area contributed by atoms with Crippen molar-refractivity contribution in [3.63, 3.8) is 0 Å². The summed E-state index contributed by atoms with van der Waals surface area (Å²) in [6.07, 6.45) is 2.60. The first kappa shape index (κ1) is 18.5. The number of nitrogens with one attached hydrogen (secondary N) is 1. The third kappa shape index (κ3) is 4.43. The molecule has 1 saturated heterocycles. The largest absolute Gasteiger partial charge is 0.368 e. The normalized spacial score (nSPS) is 15.7. The highest BCUT2D eigenvalue weighted by molar-refractivity contribution is 6.30. The molecule has 1 aromatic heterocycles. The van der Waals surface area contributed by atoms with Crippen LogP contribution in [0.25, 0.3) is 0 Å². The molecule has 1 aliphatic rings. The van der Waals surface area contributed by atoms with E-state index < -0.39 is 0 Å². The number of rotatable bonds is 5. The van der Waals surface area contributed by atoms with Gasteiger partial charge in [0.15, 0.2) is 0 Å². The monoisotopic (exact) mass is 373 g/mol. The van der Waals surface area contributed by atoms with Gasteiger partial charge in [0.1, 0.15) is 5.69 Å². The summed E-state index contributed by atoms with van der Waals surface area (Å²) in [5.41, 5.74) is 1.52. The maximum atomic E-state index is 12.8. The van der Waals surface area contributed by atoms with Crippen molar-refractivity contribution >= 4 is 29.1 Å². The van der Waals surface area contributed by atoms with Gasteiger partial charge in [0.05, 0.1) is 0 Å². The van der Waals surface area contributed by atoms with Crippen molar-refractivity contribution in [3.05, 3.63) is 47.2 Å². The Labute approximate surface area is 159 Å². The van der Waals surface area contributed by atoms with Crippen LogP contribution in [0.1, 0.15) is 30.8 Å². The first-order chi connectivity index (χ1) is 12.6. The summed E-state index contributed by atoms with van der Waals surface area (Å²) in [7, 11) is 0. The summed E-state index contributed by atoms with van der Waals surface area (Å²) >= 11 is 6.07. The van der Waals surface area contributed by atoms with Crippen LogP contribution in [0.2, 0.25) is 5.02 Å². The Hall–Kier alpha value is -2.34. The highest BCUT2D eigenvalue weighted by Gasteiger charge is 2.23. The molecule has 1 N–H and O–H groups in total. The summed E-state index contributed by atoms with van der Waals surface area (Å²) in [6.45, 7) is 7.01. The first-order valence-electron chi connectivity index (χ1n) is 8.96. The number of hydrogen-bond donors (Lipinski definition) is 1. The van der Waals surface area contributed by atoms with Gasteiger partial charge >= 0.3 is 0 Å². The Balaban J connectivity index is 1.62. The van der Waals surface area contributed by atoms with Crippen molar-refractivity contribution in [2.75, 3.05) is 36.4 Å². The van der Waals surface area contributed by atoms with Crippen LogP contribution in [0.15, 0.2) is 36.5 Å². The zero-order chi connectivity index (χ0) is 18.5. The number of carbonyl (C=O) groups is 1. The van der Waals surface area contributed by atoms with Crippen molar-refractivity contribution in [1.29, 1.82) is 0 Å². The van der Waals surface area contributed by atoms with Crippen LogP contribution in [-0.4, -0.2) is 53.0 Å². The van der Waals surface area contributed by atoms with Crippen LogP contribution in [0, 0.1) is 0 Å². The molecule has 1 aliphatic heterocycles. The van der Waals surface area contributed by atoms with Gasteiger partial charge in [-0.25, -0.2) is 9.97 Å². The van der Waals surface area contributed by atoms with Gasteiger partial charge < -0.3 is 15.1 Å². The van der Waals surface area contributed by atoms with Gasteiger partial charge in [-0.3, -0.25) is 4.79 Å². The molecule has 1 fully saturated rings. The smallest absolute Gasteiger partial charge is 0.272 e. The number of aromatic nitrogens is 2. The fraction of sp³-hybridized carbons (Fsp3) is 0.421. The molecule has 2 aromatic rings. The fourth-order valence-corrected chi connectivity index (χ4v) is 3.06. The van der Waals surface area contributed by atoms with Crippen LogP contribution >= 0.6 is 11.6 Å². The summed E-state index contributed by atoms with van der Waals surface area (Å²) in [5, 5.41) is 3.94. The number of hydrogen-bond acceptors (Lipinski definition) is 5. The van der Waals surface area contributed by atoms with E-state index >= 15 is 0 Å². The molecule has 0 aliphatic carbocycles. The van der Waals surface area contributed by atoms with Crippen LogP contribution in [0.5, 0.6) is 0 Å². The molecule has 0 bridgehead atoms. The topological polar surface area (TPSA) is 61.4 Å². The minimum atomic E-state index is -0.0506. The Morgan fingerprint density at radius 3 is 2.73 bits per heavy atom. The maximum absolute atomic E-state index is 12.8. The van der Waals surface area contributed by atoms with Crippen molar-refractivity contribution in [1.82, 2.24) is 14.9 Å². The molecule has 0 saturated carbocycles. The number of nitrogens with zero attached hydrogens (tertiary/aromatic N) is 4. The second kappa shape index (κ2) is 8.36. The minimum Gasteiger partial charge on any atom is -0.368 e. The molecule has 1 atom stereocenters. The van der Waals surface area contributed by atoms with E-state index in [4.69, 9.17) is 11.6 Å². The number of piperazine rings is 1. The quantitative estimate of drug-likeness (QED) is 0.871. The van der Waals surface area contributed by atoms with Gasteiger partial charge in [-0.1, -0.05) is 24.6 Å². The number of anilines is 2. The highest BCUT2D eigenvalue weighted by Crippen LogP contribution is 2.21. The van der Waals surface area contributed by atoms with E-state index in [-0.39, 0.29) is 11.9 Å². The first-order valence-corrected chi connectivity index (χ1v) is 9.34. The molecule has 1 unspecified atom stereocenters. The van der Waals surface area contributed by atoms with Gasteiger partial charge in [-0.2, -0.15) is 0 Å². The Morgan fingerprint density at radius 1 is 1.27 bits per heavy atom. The van der Waals surface area contributed by atoms with Crippen molar-refractivity contribution < 1.29 is 4.79 Å². The lowest BCUT2D eigenvalue weighted by Gasteiger charge is -2.36. The van der Waals surface area contributed by atoms with E-state index in [0.717, 1.165) is 30.2 Å². The second-order valence-electron chi connectivity index (χ2n) is 6.48. The zero-order valence-electron chi connectivity index (χ0n) is 15.2. The van der Waals surface area contributed by atoms with Crippen molar-refractivity contribution in [2.24, 2.45) is 0 Å². The minimum absolute atomic E-state index is 0.0506. The Kier molecular flexibility index (Phi) is 5.93. The summed E-state index contributed by atoms with van der Waals surface area (Å²) in [5.74, 6) is 0.452. The molecule has 6 nitrogen and oxygen atoms in total. The Bertz CT molecular complexity index is 761. The average Bonchev–Trinajstić information content (AvgIpc) is 2.67. The highest BCUT2D eigenvalue weighted by atomic mass is 35.5. The zero-order valence-corrected chi connectivity index (χ0v) is 15.9. The summed E-state index contributed by atoms with van der Waals surface area (Å²) in [4.78, 5) is 25.4. The van der Waals surface area contributed by atoms with Crippen molar-refractivity contribution in [2.45, 2.75) is 26.3 Å². The number of amides is 1. The molecule has 138 valence electrons. The van der Waals surface area contributed by atoms with Gasteiger partial charge in [-0.05, 0) is 37.6 Å². The predicted molar refractivity (Wildman–Crippen MR) is 105 cm³/mol. The molecule has 26 heavy (non-hydrogen) atoms. The molecule has 1 aromatic carbocycles. The van der Waals surface area contributed by atoms with E-state index in [1.54, 1.807) is 12.3 Å². The van der Waals surface area contributed by atoms with Crippen LogP contribution < -0.4 is 10.2 Å². The van der Waals surface area contributed by atoms with Gasteiger partial charge in [0.2, 0.25) is 5.95 Å². The molecule has 2 heterocycles. The maximum Gasteiger partial charge on any atom is 0.272 e. The molecular weight excluding hydrogens is 350 g/mol. The lowest BCUT2D eigenvalue weighted by molar-refractivity contribution is 0.0741. The van der Waals surface area contributed by atoms with E-state index in [0.29, 0.717) is 24.7 Å². The van der Waals surface area contributed by atoms with Gasteiger partial charge in [-0.15, -0.1) is 0 Å². The van der Waals surface area contributed by atoms with Crippen LogP contribution in [0.3, 0.4) is 0 Å². The second-order valence-corrected chi connectivity index (χ2v) is 6.91. The van der Waals surface area contributed by atoms with Gasteiger partial charge in [0.25, 0.3) is 5.91 Å². The molecule has 7 heteroatoms. The molecule has 0 radical (unpaired) electrons. The van der Waals surface area contributed by atoms with E-state index in [9.17, 15) is 4.79 Å². The van der Waals surface area contributed by atoms with Crippen LogP contribution in [0.4, 0.5) is 11.6 Å². The number of carbonyl (C=O) groups excluding carboxylic acids is 1. The van der Waals surface area contributed by atoms with Crippen molar-refractivity contribution in [3.8, 4) is 0 Å². The molecule has 1 amide bonds. The number of halogens is 1. The van der Waals surface area contributed by atoms with Gasteiger partial charge in [0, 0.05) is 49.1 Å². The van der Waals surface area contributed by atoms with Crippen LogP contribution in [-0.2, 0) is 0 Å². The lowest BCUT2D eigenvalue weighted by Crippen LogP contribution is -2.49. The van der Waals surface area contributed by atoms with E-state index in [1.807, 2.05) is 29.2 Å². The Morgan fingerprint density at radius 2 is 2.04 bits per heavy atom. The number of benzene rings is 1. The summed E-state index contributed by atoms with van der Waals surface area (Å²) < 4.78 is 0. The average molecular weight is 374 g/mol. The van der Waals surface area contributed by atoms with E-state index in [2.05, 4.69) is 34.0 Å². The van der Waals surface area contributed by atoms with E-state index in [1.165, 1.54) is 0 Å².